The second-order valence-electron chi connectivity index (χ2n) is 4.67. The second kappa shape index (κ2) is 6.54. The van der Waals surface area contributed by atoms with Crippen LogP contribution < -0.4 is 10.1 Å². The van der Waals surface area contributed by atoms with Gasteiger partial charge >= 0.3 is 0 Å². The lowest BCUT2D eigenvalue weighted by molar-refractivity contribution is 0.414. The number of rotatable bonds is 6. The van der Waals surface area contributed by atoms with Gasteiger partial charge in [-0.05, 0) is 43.5 Å². The molecule has 16 heavy (non-hydrogen) atoms. The zero-order valence-electron chi connectivity index (χ0n) is 10.8. The summed E-state index contributed by atoms with van der Waals surface area (Å²) in [5, 5.41) is 3.38. The van der Waals surface area contributed by atoms with E-state index >= 15 is 0 Å². The predicted molar refractivity (Wildman–Crippen MR) is 69.0 cm³/mol. The molecule has 1 aromatic carbocycles. The Labute approximate surface area is 99.0 Å². The van der Waals surface area contributed by atoms with Crippen molar-refractivity contribution in [2.75, 3.05) is 14.2 Å². The predicted octanol–water partition coefficient (Wildman–Crippen LogP) is 2.87. The van der Waals surface area contributed by atoms with E-state index in [9.17, 15) is 0 Å². The van der Waals surface area contributed by atoms with Gasteiger partial charge in [0, 0.05) is 6.04 Å². The van der Waals surface area contributed by atoms with Crippen LogP contribution in [0.5, 0.6) is 5.75 Å². The van der Waals surface area contributed by atoms with E-state index in [-0.39, 0.29) is 0 Å². The number of nitrogens with one attached hydrogen (secondary N) is 1. The third-order valence-corrected chi connectivity index (χ3v) is 2.81. The van der Waals surface area contributed by atoms with E-state index in [1.165, 1.54) is 12.0 Å². The quantitative estimate of drug-likeness (QED) is 0.797. The Balaban J connectivity index is 2.56. The highest BCUT2D eigenvalue weighted by atomic mass is 16.5. The Morgan fingerprint density at radius 1 is 1.19 bits per heavy atom. The molecule has 0 bridgehead atoms. The Kier molecular flexibility index (Phi) is 5.33. The van der Waals surface area contributed by atoms with E-state index < -0.39 is 0 Å². The zero-order chi connectivity index (χ0) is 12.0. The second-order valence-corrected chi connectivity index (χ2v) is 4.67. The van der Waals surface area contributed by atoms with Gasteiger partial charge in [0.25, 0.3) is 0 Å². The van der Waals surface area contributed by atoms with Crippen molar-refractivity contribution in [1.29, 1.82) is 0 Å². The highest BCUT2D eigenvalue weighted by Crippen LogP contribution is 2.15. The molecule has 2 nitrogen and oxygen atoms in total. The average molecular weight is 221 g/mol. The lowest BCUT2D eigenvalue weighted by atomic mass is 9.97. The van der Waals surface area contributed by atoms with Gasteiger partial charge < -0.3 is 10.1 Å². The lowest BCUT2D eigenvalue weighted by Crippen LogP contribution is -2.29. The van der Waals surface area contributed by atoms with Crippen LogP contribution in [0.3, 0.4) is 0 Å². The third-order valence-electron chi connectivity index (χ3n) is 2.81. The monoisotopic (exact) mass is 221 g/mol. The van der Waals surface area contributed by atoms with Crippen molar-refractivity contribution in [2.24, 2.45) is 5.92 Å². The van der Waals surface area contributed by atoms with Crippen molar-refractivity contribution < 1.29 is 4.74 Å². The van der Waals surface area contributed by atoms with Crippen LogP contribution in [-0.2, 0) is 6.42 Å². The molecule has 0 aliphatic heterocycles. The fraction of sp³-hybridized carbons (Fsp3) is 0.571. The minimum absolute atomic E-state index is 0.563. The van der Waals surface area contributed by atoms with Gasteiger partial charge in [-0.15, -0.1) is 0 Å². The maximum atomic E-state index is 5.15. The largest absolute Gasteiger partial charge is 0.497 e. The van der Waals surface area contributed by atoms with Crippen molar-refractivity contribution in [3.05, 3.63) is 29.8 Å². The molecular formula is C14H23NO. The first-order chi connectivity index (χ1) is 7.65. The van der Waals surface area contributed by atoms with Crippen LogP contribution >= 0.6 is 0 Å². The van der Waals surface area contributed by atoms with Crippen LogP contribution in [0.4, 0.5) is 0 Å². The standard InChI is InChI=1S/C14H23NO/c1-11(2)9-13(15-3)10-12-5-7-14(16-4)8-6-12/h5-8,11,13,15H,9-10H2,1-4H3. The lowest BCUT2D eigenvalue weighted by Gasteiger charge is -2.18. The van der Waals surface area contributed by atoms with Crippen LogP contribution in [0.1, 0.15) is 25.8 Å². The first kappa shape index (κ1) is 13.0. The van der Waals surface area contributed by atoms with Crippen molar-refractivity contribution in [1.82, 2.24) is 5.32 Å². The van der Waals surface area contributed by atoms with E-state index in [4.69, 9.17) is 4.74 Å². The molecule has 2 heteroatoms. The Bertz CT molecular complexity index is 292. The zero-order valence-corrected chi connectivity index (χ0v) is 10.8. The van der Waals surface area contributed by atoms with Crippen molar-refractivity contribution in [3.8, 4) is 5.75 Å². The molecule has 1 atom stereocenters. The molecule has 0 spiro atoms. The van der Waals surface area contributed by atoms with E-state index in [0.29, 0.717) is 6.04 Å². The normalized spacial score (nSPS) is 12.8. The van der Waals surface area contributed by atoms with Crippen LogP contribution in [-0.4, -0.2) is 20.2 Å². The number of hydrogen-bond donors (Lipinski definition) is 1. The molecule has 0 heterocycles. The Morgan fingerprint density at radius 3 is 2.25 bits per heavy atom. The summed E-state index contributed by atoms with van der Waals surface area (Å²) in [6.07, 6.45) is 2.29. The maximum absolute atomic E-state index is 5.15. The molecule has 1 unspecified atom stereocenters. The average Bonchev–Trinajstić information content (AvgIpc) is 2.28. The Hall–Kier alpha value is -1.02. The summed E-state index contributed by atoms with van der Waals surface area (Å²) in [5.74, 6) is 1.66. The van der Waals surface area contributed by atoms with E-state index in [0.717, 1.165) is 18.1 Å². The summed E-state index contributed by atoms with van der Waals surface area (Å²) in [6.45, 7) is 4.52. The number of benzene rings is 1. The smallest absolute Gasteiger partial charge is 0.118 e. The van der Waals surface area contributed by atoms with Crippen LogP contribution in [0.25, 0.3) is 0 Å². The summed E-state index contributed by atoms with van der Waals surface area (Å²) < 4.78 is 5.15. The molecule has 0 aromatic heterocycles. The van der Waals surface area contributed by atoms with Gasteiger partial charge in [0.05, 0.1) is 7.11 Å². The molecule has 0 saturated carbocycles. The molecule has 1 N–H and O–H groups in total. The number of likely N-dealkylation sites (N-methyl/N-ethyl adjacent to an activating group) is 1. The van der Waals surface area contributed by atoms with E-state index in [1.54, 1.807) is 7.11 Å². The van der Waals surface area contributed by atoms with E-state index in [1.807, 2.05) is 19.2 Å². The highest BCUT2D eigenvalue weighted by Gasteiger charge is 2.09. The summed E-state index contributed by atoms with van der Waals surface area (Å²) in [4.78, 5) is 0. The first-order valence-electron chi connectivity index (χ1n) is 5.96. The summed E-state index contributed by atoms with van der Waals surface area (Å²) in [5.41, 5.74) is 1.36. The molecule has 0 aliphatic rings. The fourth-order valence-electron chi connectivity index (χ4n) is 1.92. The molecule has 90 valence electrons. The van der Waals surface area contributed by atoms with Gasteiger partial charge in [-0.2, -0.15) is 0 Å². The topological polar surface area (TPSA) is 21.3 Å². The fourth-order valence-corrected chi connectivity index (χ4v) is 1.92. The number of hydrogen-bond acceptors (Lipinski definition) is 2. The SMILES string of the molecule is CNC(Cc1ccc(OC)cc1)CC(C)C. The molecule has 0 radical (unpaired) electrons. The number of ether oxygens (including phenoxy) is 1. The van der Waals surface area contributed by atoms with Crippen LogP contribution in [0, 0.1) is 5.92 Å². The number of methoxy groups -OCH3 is 1. The van der Waals surface area contributed by atoms with Gasteiger partial charge in [0.15, 0.2) is 0 Å². The maximum Gasteiger partial charge on any atom is 0.118 e. The Morgan fingerprint density at radius 2 is 1.81 bits per heavy atom. The first-order valence-corrected chi connectivity index (χ1v) is 5.96. The molecule has 1 aromatic rings. The molecule has 0 saturated heterocycles. The summed E-state index contributed by atoms with van der Waals surface area (Å²) >= 11 is 0. The highest BCUT2D eigenvalue weighted by molar-refractivity contribution is 5.27. The molecule has 1 rings (SSSR count). The van der Waals surface area contributed by atoms with Gasteiger partial charge in [-0.1, -0.05) is 26.0 Å². The minimum Gasteiger partial charge on any atom is -0.497 e. The van der Waals surface area contributed by atoms with Crippen molar-refractivity contribution in [2.45, 2.75) is 32.7 Å². The summed E-state index contributed by atoms with van der Waals surface area (Å²) in [6, 6.07) is 8.90. The van der Waals surface area contributed by atoms with Crippen molar-refractivity contribution in [3.63, 3.8) is 0 Å². The molecule has 0 fully saturated rings. The van der Waals surface area contributed by atoms with Crippen molar-refractivity contribution >= 4 is 0 Å². The molecule has 0 amide bonds. The third kappa shape index (κ3) is 4.23. The van der Waals surface area contributed by atoms with E-state index in [2.05, 4.69) is 31.3 Å². The minimum atomic E-state index is 0.563. The van der Waals surface area contributed by atoms with Gasteiger partial charge in [-0.3, -0.25) is 0 Å². The van der Waals surface area contributed by atoms with Gasteiger partial charge in [0.2, 0.25) is 0 Å². The van der Waals surface area contributed by atoms with Gasteiger partial charge in [0.1, 0.15) is 5.75 Å². The summed E-state index contributed by atoms with van der Waals surface area (Å²) in [7, 11) is 3.74. The van der Waals surface area contributed by atoms with Crippen LogP contribution in [0.2, 0.25) is 0 Å². The molecule has 0 aliphatic carbocycles. The molecular weight excluding hydrogens is 198 g/mol. The van der Waals surface area contributed by atoms with Crippen LogP contribution in [0.15, 0.2) is 24.3 Å². The van der Waals surface area contributed by atoms with Gasteiger partial charge in [-0.25, -0.2) is 0 Å².